The molecule has 0 amide bonds. The quantitative estimate of drug-likeness (QED) is 0.816. The number of hydrogen-bond donors (Lipinski definition) is 1. The Morgan fingerprint density at radius 2 is 1.89 bits per heavy atom. The van der Waals surface area contributed by atoms with Gasteiger partial charge in [-0.1, -0.05) is 12.1 Å². The zero-order chi connectivity index (χ0) is 13.5. The first-order valence-corrected chi connectivity index (χ1v) is 7.39. The van der Waals surface area contributed by atoms with E-state index in [1.807, 2.05) is 7.05 Å². The summed E-state index contributed by atoms with van der Waals surface area (Å²) in [6.45, 7) is 6.53. The second-order valence-electron chi connectivity index (χ2n) is 5.44. The lowest BCUT2D eigenvalue weighted by Crippen LogP contribution is -2.25. The Bertz CT molecular complexity index is 358. The standard InChI is InChI=1S/C16H26N2O/c1-14(17-2)13-15-5-7-16(8-6-15)19-12-11-18-9-3-4-10-18/h5-8,14,17H,3-4,9-13H2,1-2H3/t14-/m1/s1. The number of ether oxygens (including phenoxy) is 1. The van der Waals surface area contributed by atoms with Gasteiger partial charge in [0.2, 0.25) is 0 Å². The summed E-state index contributed by atoms with van der Waals surface area (Å²) in [6.07, 6.45) is 3.75. The highest BCUT2D eigenvalue weighted by Gasteiger charge is 2.10. The van der Waals surface area contributed by atoms with Gasteiger partial charge in [-0.2, -0.15) is 0 Å². The highest BCUT2D eigenvalue weighted by Crippen LogP contribution is 2.14. The minimum atomic E-state index is 0.516. The largest absolute Gasteiger partial charge is 0.492 e. The van der Waals surface area contributed by atoms with Crippen molar-refractivity contribution in [2.24, 2.45) is 0 Å². The Labute approximate surface area is 116 Å². The van der Waals surface area contributed by atoms with Crippen LogP contribution in [0.25, 0.3) is 0 Å². The number of nitrogens with one attached hydrogen (secondary N) is 1. The molecule has 0 unspecified atom stereocenters. The van der Waals surface area contributed by atoms with Crippen LogP contribution in [0.4, 0.5) is 0 Å². The van der Waals surface area contributed by atoms with Crippen LogP contribution in [0.2, 0.25) is 0 Å². The van der Waals surface area contributed by atoms with Crippen LogP contribution < -0.4 is 10.1 Å². The molecule has 1 atom stereocenters. The van der Waals surface area contributed by atoms with E-state index < -0.39 is 0 Å². The Morgan fingerprint density at radius 3 is 2.53 bits per heavy atom. The van der Waals surface area contributed by atoms with Crippen LogP contribution in [0.1, 0.15) is 25.3 Å². The summed E-state index contributed by atoms with van der Waals surface area (Å²) in [5.41, 5.74) is 1.36. The first-order chi connectivity index (χ1) is 9.28. The predicted molar refractivity (Wildman–Crippen MR) is 79.8 cm³/mol. The number of likely N-dealkylation sites (tertiary alicyclic amines) is 1. The van der Waals surface area contributed by atoms with E-state index in [-0.39, 0.29) is 0 Å². The molecular weight excluding hydrogens is 236 g/mol. The molecule has 1 saturated heterocycles. The van der Waals surface area contributed by atoms with E-state index in [0.29, 0.717) is 6.04 Å². The molecule has 106 valence electrons. The molecule has 1 N–H and O–H groups in total. The third kappa shape index (κ3) is 4.84. The lowest BCUT2D eigenvalue weighted by atomic mass is 10.1. The van der Waals surface area contributed by atoms with Gasteiger partial charge >= 0.3 is 0 Å². The van der Waals surface area contributed by atoms with Gasteiger partial charge in [-0.25, -0.2) is 0 Å². The number of nitrogens with zero attached hydrogens (tertiary/aromatic N) is 1. The van der Waals surface area contributed by atoms with Gasteiger partial charge in [-0.05, 0) is 64.0 Å². The van der Waals surface area contributed by atoms with Gasteiger partial charge < -0.3 is 10.1 Å². The van der Waals surface area contributed by atoms with Crippen LogP contribution >= 0.6 is 0 Å². The van der Waals surface area contributed by atoms with Crippen LogP contribution in [0.15, 0.2) is 24.3 Å². The average molecular weight is 262 g/mol. The van der Waals surface area contributed by atoms with Gasteiger partial charge in [0.05, 0.1) is 0 Å². The summed E-state index contributed by atoms with van der Waals surface area (Å²) in [6, 6.07) is 9.02. The molecule has 1 fully saturated rings. The smallest absolute Gasteiger partial charge is 0.119 e. The third-order valence-electron chi connectivity index (χ3n) is 3.83. The van der Waals surface area contributed by atoms with Crippen molar-refractivity contribution in [3.8, 4) is 5.75 Å². The minimum Gasteiger partial charge on any atom is -0.492 e. The Balaban J connectivity index is 1.71. The second kappa shape index (κ2) is 7.51. The summed E-state index contributed by atoms with van der Waals surface area (Å²) in [5, 5.41) is 3.26. The van der Waals surface area contributed by atoms with E-state index in [1.54, 1.807) is 0 Å². The molecule has 0 aliphatic carbocycles. The topological polar surface area (TPSA) is 24.5 Å². The maximum atomic E-state index is 5.80. The molecule has 0 spiro atoms. The van der Waals surface area contributed by atoms with Gasteiger partial charge in [-0.3, -0.25) is 4.90 Å². The van der Waals surface area contributed by atoms with Crippen molar-refractivity contribution in [3.63, 3.8) is 0 Å². The molecular formula is C16H26N2O. The van der Waals surface area contributed by atoms with Crippen molar-refractivity contribution in [1.29, 1.82) is 0 Å². The fraction of sp³-hybridized carbons (Fsp3) is 0.625. The van der Waals surface area contributed by atoms with E-state index in [1.165, 1.54) is 31.5 Å². The third-order valence-corrected chi connectivity index (χ3v) is 3.83. The molecule has 3 heteroatoms. The molecule has 3 nitrogen and oxygen atoms in total. The molecule has 0 saturated carbocycles. The summed E-state index contributed by atoms with van der Waals surface area (Å²) >= 11 is 0. The zero-order valence-electron chi connectivity index (χ0n) is 12.2. The summed E-state index contributed by atoms with van der Waals surface area (Å²) in [4.78, 5) is 2.48. The summed E-state index contributed by atoms with van der Waals surface area (Å²) in [7, 11) is 2.00. The van der Waals surface area contributed by atoms with Crippen molar-refractivity contribution in [2.75, 3.05) is 33.3 Å². The normalized spacial score (nSPS) is 17.6. The fourth-order valence-electron chi connectivity index (χ4n) is 2.48. The van der Waals surface area contributed by atoms with Gasteiger partial charge in [0.25, 0.3) is 0 Å². The van der Waals surface area contributed by atoms with E-state index in [0.717, 1.165) is 25.3 Å². The average Bonchev–Trinajstić information content (AvgIpc) is 2.94. The Kier molecular flexibility index (Phi) is 5.67. The Morgan fingerprint density at radius 1 is 1.21 bits per heavy atom. The maximum Gasteiger partial charge on any atom is 0.119 e. The predicted octanol–water partition coefficient (Wildman–Crippen LogP) is 2.31. The highest BCUT2D eigenvalue weighted by molar-refractivity contribution is 5.27. The second-order valence-corrected chi connectivity index (χ2v) is 5.44. The maximum absolute atomic E-state index is 5.80. The SMILES string of the molecule is CN[C@H](C)Cc1ccc(OCCN2CCCC2)cc1. The Hall–Kier alpha value is -1.06. The van der Waals surface area contributed by atoms with Crippen LogP contribution in [-0.4, -0.2) is 44.2 Å². The molecule has 0 aromatic heterocycles. The van der Waals surface area contributed by atoms with Crippen molar-refractivity contribution in [2.45, 2.75) is 32.2 Å². The monoisotopic (exact) mass is 262 g/mol. The van der Waals surface area contributed by atoms with Crippen LogP contribution in [0.3, 0.4) is 0 Å². The molecule has 0 radical (unpaired) electrons. The van der Waals surface area contributed by atoms with E-state index in [4.69, 9.17) is 4.74 Å². The molecule has 1 aromatic rings. The van der Waals surface area contributed by atoms with Gasteiger partial charge in [-0.15, -0.1) is 0 Å². The highest BCUT2D eigenvalue weighted by atomic mass is 16.5. The van der Waals surface area contributed by atoms with E-state index >= 15 is 0 Å². The zero-order valence-corrected chi connectivity index (χ0v) is 12.2. The molecule has 2 rings (SSSR count). The number of rotatable bonds is 7. The molecule has 0 bridgehead atoms. The molecule has 19 heavy (non-hydrogen) atoms. The van der Waals surface area contributed by atoms with Gasteiger partial charge in [0.15, 0.2) is 0 Å². The van der Waals surface area contributed by atoms with Crippen molar-refractivity contribution in [1.82, 2.24) is 10.2 Å². The minimum absolute atomic E-state index is 0.516. The number of likely N-dealkylation sites (N-methyl/N-ethyl adjacent to an activating group) is 1. The van der Waals surface area contributed by atoms with Crippen LogP contribution in [0, 0.1) is 0 Å². The lowest BCUT2D eigenvalue weighted by Gasteiger charge is -2.15. The summed E-state index contributed by atoms with van der Waals surface area (Å²) < 4.78 is 5.80. The number of benzene rings is 1. The molecule has 1 aliphatic rings. The molecule has 1 aliphatic heterocycles. The van der Waals surface area contributed by atoms with Crippen molar-refractivity contribution in [3.05, 3.63) is 29.8 Å². The first kappa shape index (κ1) is 14.4. The molecule has 1 aromatic carbocycles. The van der Waals surface area contributed by atoms with E-state index in [9.17, 15) is 0 Å². The van der Waals surface area contributed by atoms with Crippen LogP contribution in [0.5, 0.6) is 5.75 Å². The number of hydrogen-bond acceptors (Lipinski definition) is 3. The first-order valence-electron chi connectivity index (χ1n) is 7.39. The van der Waals surface area contributed by atoms with Crippen molar-refractivity contribution < 1.29 is 4.74 Å². The van der Waals surface area contributed by atoms with Crippen LogP contribution in [-0.2, 0) is 6.42 Å². The van der Waals surface area contributed by atoms with Gasteiger partial charge in [0.1, 0.15) is 12.4 Å². The van der Waals surface area contributed by atoms with E-state index in [2.05, 4.69) is 41.4 Å². The van der Waals surface area contributed by atoms with Gasteiger partial charge in [0, 0.05) is 12.6 Å². The van der Waals surface area contributed by atoms with Crippen molar-refractivity contribution >= 4 is 0 Å². The lowest BCUT2D eigenvalue weighted by molar-refractivity contribution is 0.238. The fourth-order valence-corrected chi connectivity index (χ4v) is 2.48. The molecule has 1 heterocycles. The summed E-state index contributed by atoms with van der Waals surface area (Å²) in [5.74, 6) is 0.986.